The largest absolute Gasteiger partial charge is 0.481 e. The van der Waals surface area contributed by atoms with Crippen molar-refractivity contribution in [2.75, 3.05) is 0 Å². The highest BCUT2D eigenvalue weighted by Crippen LogP contribution is 2.28. The summed E-state index contributed by atoms with van der Waals surface area (Å²) in [6.07, 6.45) is 2.38. The third kappa shape index (κ3) is 3.66. The van der Waals surface area contributed by atoms with Crippen LogP contribution in [0.2, 0.25) is 5.02 Å². The summed E-state index contributed by atoms with van der Waals surface area (Å²) in [5.41, 5.74) is 1.74. The first-order valence-electron chi connectivity index (χ1n) is 8.23. The van der Waals surface area contributed by atoms with Gasteiger partial charge in [-0.15, -0.1) is 5.10 Å². The van der Waals surface area contributed by atoms with Crippen LogP contribution in [0.3, 0.4) is 0 Å². The quantitative estimate of drug-likeness (QED) is 0.822. The van der Waals surface area contributed by atoms with E-state index in [0.717, 1.165) is 17.8 Å². The monoisotopic (exact) mass is 362 g/mol. The molecular weight excluding hydrogens is 344 g/mol. The minimum Gasteiger partial charge on any atom is -0.481 e. The number of carbonyl (C=O) groups excluding carboxylic acids is 1. The lowest BCUT2D eigenvalue weighted by Gasteiger charge is -2.32. The van der Waals surface area contributed by atoms with Gasteiger partial charge in [0.1, 0.15) is 0 Å². The molecule has 1 aliphatic rings. The maximum Gasteiger partial charge on any atom is 0.306 e. The number of nitrogens with one attached hydrogen (secondary N) is 1. The fraction of sp³-hybridized carbons (Fsp3) is 0.412. The highest BCUT2D eigenvalue weighted by atomic mass is 35.5. The Labute approximate surface area is 150 Å². The number of carboxylic acids is 1. The second kappa shape index (κ2) is 7.23. The molecule has 0 bridgehead atoms. The number of rotatable bonds is 6. The second-order valence-corrected chi connectivity index (χ2v) is 6.64. The zero-order valence-electron chi connectivity index (χ0n) is 13.8. The van der Waals surface area contributed by atoms with Crippen molar-refractivity contribution in [1.29, 1.82) is 0 Å². The van der Waals surface area contributed by atoms with E-state index in [1.54, 1.807) is 16.8 Å². The van der Waals surface area contributed by atoms with E-state index in [4.69, 9.17) is 16.7 Å². The SMILES string of the molecule is CCCc1c(C(=O)NC2CC(C(=O)O)C2)nnn1-c1cccc(Cl)c1. The molecule has 1 saturated carbocycles. The van der Waals surface area contributed by atoms with Gasteiger partial charge in [-0.05, 0) is 37.5 Å². The summed E-state index contributed by atoms with van der Waals surface area (Å²) in [6.45, 7) is 2.01. The molecule has 0 saturated heterocycles. The summed E-state index contributed by atoms with van der Waals surface area (Å²) < 4.78 is 1.63. The average Bonchev–Trinajstić information content (AvgIpc) is 2.94. The van der Waals surface area contributed by atoms with Gasteiger partial charge in [-0.1, -0.05) is 36.2 Å². The van der Waals surface area contributed by atoms with E-state index in [9.17, 15) is 9.59 Å². The Hall–Kier alpha value is -2.41. The summed E-state index contributed by atoms with van der Waals surface area (Å²) in [7, 11) is 0. The Bertz CT molecular complexity index is 799. The summed E-state index contributed by atoms with van der Waals surface area (Å²) >= 11 is 6.04. The zero-order chi connectivity index (χ0) is 18.0. The van der Waals surface area contributed by atoms with E-state index in [2.05, 4.69) is 15.6 Å². The van der Waals surface area contributed by atoms with Gasteiger partial charge in [0.05, 0.1) is 17.3 Å². The number of hydrogen-bond donors (Lipinski definition) is 2. The van der Waals surface area contributed by atoms with Crippen LogP contribution in [0.4, 0.5) is 0 Å². The number of aromatic nitrogens is 3. The predicted molar refractivity (Wildman–Crippen MR) is 92.0 cm³/mol. The molecule has 0 radical (unpaired) electrons. The van der Waals surface area contributed by atoms with Gasteiger partial charge in [-0.3, -0.25) is 9.59 Å². The molecule has 0 aliphatic heterocycles. The van der Waals surface area contributed by atoms with Crippen molar-refractivity contribution in [2.24, 2.45) is 5.92 Å². The van der Waals surface area contributed by atoms with E-state index < -0.39 is 5.97 Å². The van der Waals surface area contributed by atoms with Crippen LogP contribution in [0.5, 0.6) is 0 Å². The van der Waals surface area contributed by atoms with E-state index in [1.807, 2.05) is 19.1 Å². The van der Waals surface area contributed by atoms with E-state index in [0.29, 0.717) is 24.3 Å². The lowest BCUT2D eigenvalue weighted by Crippen LogP contribution is -2.47. The highest BCUT2D eigenvalue weighted by molar-refractivity contribution is 6.30. The van der Waals surface area contributed by atoms with Crippen LogP contribution in [0.25, 0.3) is 5.69 Å². The smallest absolute Gasteiger partial charge is 0.306 e. The molecule has 8 heteroatoms. The Balaban J connectivity index is 1.79. The number of carboxylic acid groups (broad SMARTS) is 1. The lowest BCUT2D eigenvalue weighted by molar-refractivity contribution is -0.145. The Morgan fingerprint density at radius 2 is 2.16 bits per heavy atom. The third-order valence-corrected chi connectivity index (χ3v) is 4.58. The van der Waals surface area contributed by atoms with Gasteiger partial charge < -0.3 is 10.4 Å². The first-order chi connectivity index (χ1) is 12.0. The van der Waals surface area contributed by atoms with Crippen LogP contribution in [0.1, 0.15) is 42.4 Å². The van der Waals surface area contributed by atoms with Crippen LogP contribution in [0.15, 0.2) is 24.3 Å². The second-order valence-electron chi connectivity index (χ2n) is 6.20. The molecule has 1 aromatic carbocycles. The van der Waals surface area contributed by atoms with Crippen molar-refractivity contribution in [3.8, 4) is 5.69 Å². The Morgan fingerprint density at radius 1 is 1.40 bits per heavy atom. The standard InChI is InChI=1S/C17H19ClN4O3/c1-2-4-14-15(16(23)19-12-7-10(8-12)17(24)25)20-21-22(14)13-6-3-5-11(18)9-13/h3,5-6,9-10,12H,2,4,7-8H2,1H3,(H,19,23)(H,24,25). The van der Waals surface area contributed by atoms with Crippen LogP contribution in [-0.2, 0) is 11.2 Å². The fourth-order valence-corrected chi connectivity index (χ4v) is 3.13. The number of halogens is 1. The summed E-state index contributed by atoms with van der Waals surface area (Å²) in [4.78, 5) is 23.4. The normalized spacial score (nSPS) is 19.3. The first-order valence-corrected chi connectivity index (χ1v) is 8.61. The molecule has 7 nitrogen and oxygen atoms in total. The molecule has 25 heavy (non-hydrogen) atoms. The lowest BCUT2D eigenvalue weighted by atomic mass is 9.80. The molecule has 1 aromatic heterocycles. The van der Waals surface area contributed by atoms with Crippen molar-refractivity contribution in [1.82, 2.24) is 20.3 Å². The third-order valence-electron chi connectivity index (χ3n) is 4.34. The fourth-order valence-electron chi connectivity index (χ4n) is 2.95. The van der Waals surface area contributed by atoms with Crippen molar-refractivity contribution in [3.63, 3.8) is 0 Å². The average molecular weight is 363 g/mol. The number of nitrogens with zero attached hydrogens (tertiary/aromatic N) is 3. The minimum absolute atomic E-state index is 0.126. The number of carbonyl (C=O) groups is 2. The molecule has 1 heterocycles. The molecule has 0 spiro atoms. The zero-order valence-corrected chi connectivity index (χ0v) is 14.5. The molecule has 0 atom stereocenters. The Morgan fingerprint density at radius 3 is 2.80 bits per heavy atom. The molecule has 0 unspecified atom stereocenters. The molecule has 132 valence electrons. The van der Waals surface area contributed by atoms with Crippen molar-refractivity contribution < 1.29 is 14.7 Å². The number of amides is 1. The van der Waals surface area contributed by atoms with Gasteiger partial charge in [0.15, 0.2) is 5.69 Å². The predicted octanol–water partition coefficient (Wildman–Crippen LogP) is 2.47. The number of hydrogen-bond acceptors (Lipinski definition) is 4. The van der Waals surface area contributed by atoms with E-state index in [-0.39, 0.29) is 23.6 Å². The van der Waals surface area contributed by atoms with Crippen molar-refractivity contribution in [2.45, 2.75) is 38.6 Å². The Kier molecular flexibility index (Phi) is 5.03. The van der Waals surface area contributed by atoms with Gasteiger partial charge in [0.2, 0.25) is 0 Å². The number of benzene rings is 1. The van der Waals surface area contributed by atoms with Crippen LogP contribution in [0, 0.1) is 5.92 Å². The molecule has 1 aliphatic carbocycles. The van der Waals surface area contributed by atoms with Crippen molar-refractivity contribution >= 4 is 23.5 Å². The highest BCUT2D eigenvalue weighted by Gasteiger charge is 2.36. The molecule has 3 rings (SSSR count). The van der Waals surface area contributed by atoms with Gasteiger partial charge in [0, 0.05) is 11.1 Å². The molecule has 1 amide bonds. The molecule has 2 N–H and O–H groups in total. The van der Waals surface area contributed by atoms with E-state index in [1.165, 1.54) is 0 Å². The summed E-state index contributed by atoms with van der Waals surface area (Å²) in [6, 6.07) is 7.07. The van der Waals surface area contributed by atoms with Gasteiger partial charge >= 0.3 is 5.97 Å². The van der Waals surface area contributed by atoms with Crippen molar-refractivity contribution in [3.05, 3.63) is 40.7 Å². The van der Waals surface area contributed by atoms with Gasteiger partial charge in [-0.2, -0.15) is 0 Å². The van der Waals surface area contributed by atoms with Gasteiger partial charge in [-0.25, -0.2) is 4.68 Å². The van der Waals surface area contributed by atoms with Crippen LogP contribution in [-0.4, -0.2) is 38.0 Å². The number of aliphatic carboxylic acids is 1. The maximum absolute atomic E-state index is 12.5. The molecule has 2 aromatic rings. The maximum atomic E-state index is 12.5. The summed E-state index contributed by atoms with van der Waals surface area (Å²) in [5, 5.41) is 20.5. The van der Waals surface area contributed by atoms with Crippen LogP contribution >= 0.6 is 11.6 Å². The van der Waals surface area contributed by atoms with Gasteiger partial charge in [0.25, 0.3) is 5.91 Å². The first kappa shape index (κ1) is 17.4. The molecular formula is C17H19ClN4O3. The van der Waals surface area contributed by atoms with Crippen LogP contribution < -0.4 is 5.32 Å². The minimum atomic E-state index is -0.816. The summed E-state index contributed by atoms with van der Waals surface area (Å²) in [5.74, 6) is -1.50. The molecule has 1 fully saturated rings. The van der Waals surface area contributed by atoms with E-state index >= 15 is 0 Å². The topological polar surface area (TPSA) is 97.1 Å².